The van der Waals surface area contributed by atoms with Gasteiger partial charge in [-0.05, 0) is 44.1 Å². The Kier molecular flexibility index (Phi) is 5.62. The van der Waals surface area contributed by atoms with Crippen LogP contribution in [0.5, 0.6) is 11.5 Å². The van der Waals surface area contributed by atoms with Gasteiger partial charge in [-0.25, -0.2) is 0 Å². The van der Waals surface area contributed by atoms with E-state index in [2.05, 4.69) is 5.32 Å². The fourth-order valence-electron chi connectivity index (χ4n) is 2.14. The molecule has 2 rings (SSSR count). The SMILES string of the molecule is Br.COc1ccc(O)c(C(=O)C2CCNCC2)c1. The molecule has 1 fully saturated rings. The molecule has 0 saturated carbocycles. The van der Waals surface area contributed by atoms with Crippen molar-refractivity contribution in [3.63, 3.8) is 0 Å². The van der Waals surface area contributed by atoms with Crippen LogP contribution in [0, 0.1) is 5.92 Å². The van der Waals surface area contributed by atoms with Crippen molar-refractivity contribution in [3.05, 3.63) is 23.8 Å². The van der Waals surface area contributed by atoms with Crippen LogP contribution in [0.3, 0.4) is 0 Å². The fraction of sp³-hybridized carbons (Fsp3) is 0.462. The Labute approximate surface area is 117 Å². The molecule has 0 radical (unpaired) electrons. The summed E-state index contributed by atoms with van der Waals surface area (Å²) in [5.41, 5.74) is 0.372. The number of methoxy groups -OCH3 is 1. The molecular weight excluding hydrogens is 298 g/mol. The number of benzene rings is 1. The molecule has 0 bridgehead atoms. The highest BCUT2D eigenvalue weighted by Crippen LogP contribution is 2.27. The lowest BCUT2D eigenvalue weighted by Crippen LogP contribution is -2.31. The van der Waals surface area contributed by atoms with Crippen molar-refractivity contribution >= 4 is 22.8 Å². The van der Waals surface area contributed by atoms with Crippen LogP contribution < -0.4 is 10.1 Å². The second kappa shape index (κ2) is 6.75. The predicted molar refractivity (Wildman–Crippen MR) is 74.9 cm³/mol. The van der Waals surface area contributed by atoms with Crippen molar-refractivity contribution in [2.75, 3.05) is 20.2 Å². The average molecular weight is 316 g/mol. The first-order valence-electron chi connectivity index (χ1n) is 5.84. The molecule has 18 heavy (non-hydrogen) atoms. The summed E-state index contributed by atoms with van der Waals surface area (Å²) in [4.78, 5) is 12.2. The molecule has 100 valence electrons. The summed E-state index contributed by atoms with van der Waals surface area (Å²) in [5, 5.41) is 13.0. The van der Waals surface area contributed by atoms with E-state index in [0.29, 0.717) is 11.3 Å². The highest BCUT2D eigenvalue weighted by atomic mass is 79.9. The lowest BCUT2D eigenvalue weighted by atomic mass is 9.89. The largest absolute Gasteiger partial charge is 0.507 e. The van der Waals surface area contributed by atoms with Gasteiger partial charge < -0.3 is 15.2 Å². The first-order chi connectivity index (χ1) is 8.22. The van der Waals surface area contributed by atoms with Gasteiger partial charge in [-0.1, -0.05) is 0 Å². The maximum atomic E-state index is 12.2. The molecule has 0 aromatic heterocycles. The molecule has 5 heteroatoms. The van der Waals surface area contributed by atoms with Crippen LogP contribution in [0.25, 0.3) is 0 Å². The summed E-state index contributed by atoms with van der Waals surface area (Å²) in [6.45, 7) is 1.72. The Morgan fingerprint density at radius 2 is 2.06 bits per heavy atom. The third-order valence-corrected chi connectivity index (χ3v) is 3.18. The summed E-state index contributed by atoms with van der Waals surface area (Å²) >= 11 is 0. The van der Waals surface area contributed by atoms with E-state index in [9.17, 15) is 9.90 Å². The molecule has 1 heterocycles. The van der Waals surface area contributed by atoms with Gasteiger partial charge in [0.05, 0.1) is 12.7 Å². The van der Waals surface area contributed by atoms with Crippen molar-refractivity contribution < 1.29 is 14.6 Å². The summed E-state index contributed by atoms with van der Waals surface area (Å²) in [7, 11) is 1.55. The van der Waals surface area contributed by atoms with Crippen molar-refractivity contribution in [2.24, 2.45) is 5.92 Å². The molecule has 0 atom stereocenters. The third-order valence-electron chi connectivity index (χ3n) is 3.18. The highest BCUT2D eigenvalue weighted by Gasteiger charge is 2.24. The minimum absolute atomic E-state index is 0. The molecular formula is C13H18BrNO3. The maximum Gasteiger partial charge on any atom is 0.169 e. The van der Waals surface area contributed by atoms with E-state index in [4.69, 9.17) is 4.74 Å². The zero-order chi connectivity index (χ0) is 12.3. The van der Waals surface area contributed by atoms with Gasteiger partial charge in [0.25, 0.3) is 0 Å². The normalized spacial score (nSPS) is 15.8. The molecule has 0 spiro atoms. The summed E-state index contributed by atoms with van der Waals surface area (Å²) in [5.74, 6) is 0.659. The third kappa shape index (κ3) is 3.23. The number of phenolic OH excluding ortho intramolecular Hbond substituents is 1. The quantitative estimate of drug-likeness (QED) is 0.839. The Morgan fingerprint density at radius 1 is 1.39 bits per heavy atom. The summed E-state index contributed by atoms with van der Waals surface area (Å²) < 4.78 is 5.07. The lowest BCUT2D eigenvalue weighted by Gasteiger charge is -2.21. The Hall–Kier alpha value is -1.07. The van der Waals surface area contributed by atoms with Crippen LogP contribution in [0.2, 0.25) is 0 Å². The molecule has 1 aromatic rings. The number of ether oxygens (including phenoxy) is 1. The van der Waals surface area contributed by atoms with E-state index in [1.807, 2.05) is 0 Å². The van der Waals surface area contributed by atoms with Crippen molar-refractivity contribution in [2.45, 2.75) is 12.8 Å². The summed E-state index contributed by atoms with van der Waals surface area (Å²) in [6, 6.07) is 4.77. The Balaban J connectivity index is 0.00000162. The van der Waals surface area contributed by atoms with Gasteiger partial charge in [0.2, 0.25) is 0 Å². The van der Waals surface area contributed by atoms with E-state index in [1.165, 1.54) is 6.07 Å². The number of hydrogen-bond donors (Lipinski definition) is 2. The van der Waals surface area contributed by atoms with E-state index in [-0.39, 0.29) is 34.4 Å². The van der Waals surface area contributed by atoms with Crippen molar-refractivity contribution in [1.29, 1.82) is 0 Å². The number of ketones is 1. The minimum atomic E-state index is 0. The number of carbonyl (C=O) groups is 1. The number of phenols is 1. The first kappa shape index (κ1) is 15.0. The Bertz CT molecular complexity index is 417. The topological polar surface area (TPSA) is 58.6 Å². The van der Waals surface area contributed by atoms with Crippen molar-refractivity contribution in [3.8, 4) is 11.5 Å². The van der Waals surface area contributed by atoms with Gasteiger partial charge in [-0.3, -0.25) is 4.79 Å². The number of piperidine rings is 1. The van der Waals surface area contributed by atoms with E-state index < -0.39 is 0 Å². The molecule has 4 nitrogen and oxygen atoms in total. The second-order valence-electron chi connectivity index (χ2n) is 4.27. The number of halogens is 1. The standard InChI is InChI=1S/C13H17NO3.BrH/c1-17-10-2-3-12(15)11(8-10)13(16)9-4-6-14-7-5-9;/h2-3,8-9,14-15H,4-7H2,1H3;1H. The number of nitrogens with one attached hydrogen (secondary N) is 1. The van der Waals surface area contributed by atoms with Crippen LogP contribution in [0.15, 0.2) is 18.2 Å². The highest BCUT2D eigenvalue weighted by molar-refractivity contribution is 8.93. The van der Waals surface area contributed by atoms with E-state index in [0.717, 1.165) is 25.9 Å². The zero-order valence-corrected chi connectivity index (χ0v) is 12.0. The van der Waals surface area contributed by atoms with E-state index in [1.54, 1.807) is 19.2 Å². The number of hydrogen-bond acceptors (Lipinski definition) is 4. The lowest BCUT2D eigenvalue weighted by molar-refractivity contribution is 0.0892. The molecule has 1 saturated heterocycles. The van der Waals surface area contributed by atoms with Gasteiger partial charge in [-0.15, -0.1) is 17.0 Å². The fourth-order valence-corrected chi connectivity index (χ4v) is 2.14. The molecule has 1 aliphatic rings. The zero-order valence-electron chi connectivity index (χ0n) is 10.3. The molecule has 1 aliphatic heterocycles. The van der Waals surface area contributed by atoms with Gasteiger partial charge in [0, 0.05) is 5.92 Å². The number of Topliss-reactive ketones (excluding diaryl/α,β-unsaturated/α-hetero) is 1. The maximum absolute atomic E-state index is 12.2. The molecule has 0 unspecified atom stereocenters. The smallest absolute Gasteiger partial charge is 0.169 e. The minimum Gasteiger partial charge on any atom is -0.507 e. The number of carbonyl (C=O) groups excluding carboxylic acids is 1. The van der Waals surface area contributed by atoms with Gasteiger partial charge in [0.15, 0.2) is 5.78 Å². The van der Waals surface area contributed by atoms with Gasteiger partial charge in [-0.2, -0.15) is 0 Å². The van der Waals surface area contributed by atoms with Crippen LogP contribution in [-0.4, -0.2) is 31.1 Å². The predicted octanol–water partition coefficient (Wildman–Crippen LogP) is 2.16. The molecule has 2 N–H and O–H groups in total. The van der Waals surface area contributed by atoms with Crippen molar-refractivity contribution in [1.82, 2.24) is 5.32 Å². The van der Waals surface area contributed by atoms with E-state index >= 15 is 0 Å². The van der Waals surface area contributed by atoms with Crippen LogP contribution in [0.4, 0.5) is 0 Å². The second-order valence-corrected chi connectivity index (χ2v) is 4.27. The summed E-state index contributed by atoms with van der Waals surface area (Å²) in [6.07, 6.45) is 1.66. The molecule has 0 aliphatic carbocycles. The Morgan fingerprint density at radius 3 is 2.67 bits per heavy atom. The van der Waals surface area contributed by atoms with Crippen LogP contribution in [-0.2, 0) is 0 Å². The monoisotopic (exact) mass is 315 g/mol. The molecule has 0 amide bonds. The van der Waals surface area contributed by atoms with Crippen LogP contribution in [0.1, 0.15) is 23.2 Å². The first-order valence-corrected chi connectivity index (χ1v) is 5.84. The number of aromatic hydroxyl groups is 1. The van der Waals surface area contributed by atoms with Crippen LogP contribution >= 0.6 is 17.0 Å². The van der Waals surface area contributed by atoms with Gasteiger partial charge in [0.1, 0.15) is 11.5 Å². The molecule has 1 aromatic carbocycles. The van der Waals surface area contributed by atoms with Gasteiger partial charge >= 0.3 is 0 Å². The average Bonchev–Trinajstić information content (AvgIpc) is 2.39. The number of rotatable bonds is 3.